The van der Waals surface area contributed by atoms with E-state index in [4.69, 9.17) is 4.74 Å². The number of β-amino-alcohol motifs (C(OH)–C–C–N with tert-alkyl or cyclic N) is 1. The Morgan fingerprint density at radius 2 is 1.89 bits per heavy atom. The van der Waals surface area contributed by atoms with Crippen molar-refractivity contribution >= 4 is 40.2 Å². The molecule has 0 spiro atoms. The maximum absolute atomic E-state index is 13.3. The molecule has 10 nitrogen and oxygen atoms in total. The molecule has 0 saturated heterocycles. The first kappa shape index (κ1) is 23.8. The molecule has 0 unspecified atom stereocenters. The van der Waals surface area contributed by atoms with Gasteiger partial charge in [0, 0.05) is 31.0 Å². The molecular weight excluding hydrogens is 452 g/mol. The lowest BCUT2D eigenvalue weighted by Crippen LogP contribution is -2.42. The van der Waals surface area contributed by atoms with Gasteiger partial charge in [-0.1, -0.05) is 24.3 Å². The molecule has 4 rings (SSSR count). The van der Waals surface area contributed by atoms with E-state index in [1.807, 2.05) is 24.3 Å². The first-order valence-electron chi connectivity index (χ1n) is 10.9. The van der Waals surface area contributed by atoms with E-state index in [1.54, 1.807) is 29.0 Å². The highest BCUT2D eigenvalue weighted by Crippen LogP contribution is 2.36. The second kappa shape index (κ2) is 9.90. The van der Waals surface area contributed by atoms with Crippen molar-refractivity contribution in [2.45, 2.75) is 19.4 Å². The average Bonchev–Trinajstić information content (AvgIpc) is 3.32. The molecule has 1 aromatic carbocycles. The van der Waals surface area contributed by atoms with E-state index in [-0.39, 0.29) is 25.1 Å². The molecule has 0 radical (unpaired) electrons. The largest absolute Gasteiger partial charge is 0.467 e. The van der Waals surface area contributed by atoms with E-state index in [0.717, 1.165) is 4.90 Å². The van der Waals surface area contributed by atoms with Crippen LogP contribution in [0.2, 0.25) is 0 Å². The number of para-hydroxylation sites is 1. The molecule has 1 aliphatic heterocycles. The van der Waals surface area contributed by atoms with Crippen molar-refractivity contribution in [2.75, 3.05) is 20.3 Å². The van der Waals surface area contributed by atoms with E-state index in [9.17, 15) is 24.3 Å². The van der Waals surface area contributed by atoms with Crippen LogP contribution < -0.4 is 5.32 Å². The number of aliphatic hydroxyl groups excluding tert-OH is 1. The number of hydrogen-bond donors (Lipinski definition) is 2. The molecule has 180 valence electrons. The Morgan fingerprint density at radius 3 is 2.54 bits per heavy atom. The lowest BCUT2D eigenvalue weighted by molar-refractivity contribution is -0.144. The number of aliphatic hydroxyl groups is 1. The van der Waals surface area contributed by atoms with Gasteiger partial charge in [-0.3, -0.25) is 23.9 Å². The topological polar surface area (TPSA) is 131 Å². The number of hydrogen-bond acceptors (Lipinski definition) is 7. The number of aromatic nitrogens is 2. The van der Waals surface area contributed by atoms with Crippen LogP contribution in [0, 0.1) is 0 Å². The normalized spacial score (nSPS) is 14.3. The third kappa shape index (κ3) is 4.43. The molecule has 0 fully saturated rings. The number of methoxy groups -OCH3 is 1. The lowest BCUT2D eigenvalue weighted by atomic mass is 9.98. The summed E-state index contributed by atoms with van der Waals surface area (Å²) in [4.78, 5) is 55.7. The summed E-state index contributed by atoms with van der Waals surface area (Å²) < 4.78 is 6.65. The molecule has 3 aromatic rings. The fourth-order valence-corrected chi connectivity index (χ4v) is 4.30. The number of imide groups is 1. The zero-order chi connectivity index (χ0) is 25.1. The summed E-state index contributed by atoms with van der Waals surface area (Å²) in [5.41, 5.74) is 1.74. The number of esters is 1. The van der Waals surface area contributed by atoms with Crippen LogP contribution in [-0.4, -0.2) is 69.6 Å². The van der Waals surface area contributed by atoms with Gasteiger partial charge in [0.15, 0.2) is 0 Å². The number of carbonyl (C=O) groups excluding carboxylic acids is 4. The number of nitrogens with zero attached hydrogens (tertiary/aromatic N) is 3. The third-order valence-electron chi connectivity index (χ3n) is 5.72. The van der Waals surface area contributed by atoms with Gasteiger partial charge in [0.1, 0.15) is 11.9 Å². The number of nitrogens with one attached hydrogen (secondary N) is 1. The Hall–Kier alpha value is -4.31. The number of rotatable bonds is 8. The van der Waals surface area contributed by atoms with E-state index < -0.39 is 29.7 Å². The van der Waals surface area contributed by atoms with E-state index >= 15 is 0 Å². The Morgan fingerprint density at radius 1 is 1.14 bits per heavy atom. The number of carbonyl (C=O) groups is 4. The van der Waals surface area contributed by atoms with Crippen molar-refractivity contribution in [1.29, 1.82) is 0 Å². The highest BCUT2D eigenvalue weighted by atomic mass is 16.5. The molecule has 0 saturated carbocycles. The molecule has 3 heterocycles. The minimum absolute atomic E-state index is 0.000738. The van der Waals surface area contributed by atoms with Crippen LogP contribution in [0.3, 0.4) is 0 Å². The van der Waals surface area contributed by atoms with E-state index in [2.05, 4.69) is 10.3 Å². The molecule has 35 heavy (non-hydrogen) atoms. The van der Waals surface area contributed by atoms with Crippen LogP contribution in [0.1, 0.15) is 18.2 Å². The quantitative estimate of drug-likeness (QED) is 0.366. The first-order valence-corrected chi connectivity index (χ1v) is 10.9. The smallest absolute Gasteiger partial charge is 0.328 e. The monoisotopic (exact) mass is 476 g/mol. The SMILES string of the molecule is COC(=O)[C@H](Cc1c(C2=CC(=O)N(CCO)C2=O)n(-c2ccccn2)c2ccccc12)NC(C)=O. The fourth-order valence-electron chi connectivity index (χ4n) is 4.30. The Kier molecular flexibility index (Phi) is 6.74. The zero-order valence-electron chi connectivity index (χ0n) is 19.2. The Bertz CT molecular complexity index is 1340. The van der Waals surface area contributed by atoms with Crippen molar-refractivity contribution < 1.29 is 29.0 Å². The summed E-state index contributed by atoms with van der Waals surface area (Å²) in [5, 5.41) is 12.7. The maximum Gasteiger partial charge on any atom is 0.328 e. The molecule has 2 N–H and O–H groups in total. The van der Waals surface area contributed by atoms with Gasteiger partial charge in [-0.05, 0) is 23.8 Å². The van der Waals surface area contributed by atoms with Crippen molar-refractivity contribution in [3.63, 3.8) is 0 Å². The van der Waals surface area contributed by atoms with Crippen LogP contribution in [0.25, 0.3) is 22.3 Å². The number of ether oxygens (including phenoxy) is 1. The van der Waals surface area contributed by atoms with Gasteiger partial charge in [0.2, 0.25) is 5.91 Å². The van der Waals surface area contributed by atoms with Gasteiger partial charge in [-0.2, -0.15) is 0 Å². The highest BCUT2D eigenvalue weighted by molar-refractivity contribution is 6.34. The van der Waals surface area contributed by atoms with Gasteiger partial charge in [0.05, 0.1) is 37.0 Å². The summed E-state index contributed by atoms with van der Waals surface area (Å²) in [7, 11) is 1.23. The maximum atomic E-state index is 13.3. The Labute approximate surface area is 200 Å². The summed E-state index contributed by atoms with van der Waals surface area (Å²) in [5.74, 6) is -1.68. The number of pyridine rings is 1. The van der Waals surface area contributed by atoms with Gasteiger partial charge in [-0.25, -0.2) is 9.78 Å². The van der Waals surface area contributed by atoms with Crippen LogP contribution in [0.15, 0.2) is 54.7 Å². The molecule has 10 heteroatoms. The molecule has 0 aliphatic carbocycles. The third-order valence-corrected chi connectivity index (χ3v) is 5.72. The van der Waals surface area contributed by atoms with Crippen LogP contribution in [0.5, 0.6) is 0 Å². The zero-order valence-corrected chi connectivity index (χ0v) is 19.2. The second-order valence-corrected chi connectivity index (χ2v) is 7.92. The molecule has 0 bridgehead atoms. The van der Waals surface area contributed by atoms with Gasteiger partial charge in [0.25, 0.3) is 11.8 Å². The van der Waals surface area contributed by atoms with Crippen LogP contribution in [-0.2, 0) is 30.3 Å². The second-order valence-electron chi connectivity index (χ2n) is 7.92. The summed E-state index contributed by atoms with van der Waals surface area (Å²) >= 11 is 0. The van der Waals surface area contributed by atoms with Gasteiger partial charge < -0.3 is 15.2 Å². The molecular formula is C25H24N4O6. The van der Waals surface area contributed by atoms with Gasteiger partial charge >= 0.3 is 5.97 Å². The van der Waals surface area contributed by atoms with Crippen molar-refractivity contribution in [3.8, 4) is 5.82 Å². The van der Waals surface area contributed by atoms with Crippen molar-refractivity contribution in [3.05, 3.63) is 66.0 Å². The molecule has 1 aliphatic rings. The number of benzene rings is 1. The average molecular weight is 476 g/mol. The van der Waals surface area contributed by atoms with Crippen LogP contribution >= 0.6 is 0 Å². The summed E-state index contributed by atoms with van der Waals surface area (Å²) in [6.45, 7) is 0.775. The van der Waals surface area contributed by atoms with E-state index in [0.29, 0.717) is 28.0 Å². The minimum atomic E-state index is -1.03. The fraction of sp³-hybridized carbons (Fsp3) is 0.240. The Balaban J connectivity index is 2.00. The number of amides is 3. The standard InChI is InChI=1S/C25H24N4O6/c1-15(31)27-19(25(34)35-2)13-17-16-7-3-4-8-20(16)29(21-9-5-6-10-26-21)23(17)18-14-22(32)28(11-12-30)24(18)33/h3-10,14,19,30H,11-13H2,1-2H3,(H,27,31)/t19-/m0/s1. The highest BCUT2D eigenvalue weighted by Gasteiger charge is 2.37. The minimum Gasteiger partial charge on any atom is -0.467 e. The number of fused-ring (bicyclic) bond motifs is 1. The predicted molar refractivity (Wildman–Crippen MR) is 126 cm³/mol. The predicted octanol–water partition coefficient (Wildman–Crippen LogP) is 0.990. The molecule has 3 amide bonds. The van der Waals surface area contributed by atoms with Crippen molar-refractivity contribution in [2.24, 2.45) is 0 Å². The van der Waals surface area contributed by atoms with Crippen LogP contribution in [0.4, 0.5) is 0 Å². The molecule has 2 aromatic heterocycles. The molecule has 1 atom stereocenters. The lowest BCUT2D eigenvalue weighted by Gasteiger charge is -2.18. The van der Waals surface area contributed by atoms with Crippen molar-refractivity contribution in [1.82, 2.24) is 19.8 Å². The summed E-state index contributed by atoms with van der Waals surface area (Å²) in [6.07, 6.45) is 2.83. The van der Waals surface area contributed by atoms with E-state index in [1.165, 1.54) is 20.1 Å². The first-order chi connectivity index (χ1) is 16.9. The van der Waals surface area contributed by atoms with Gasteiger partial charge in [-0.15, -0.1) is 0 Å². The summed E-state index contributed by atoms with van der Waals surface area (Å²) in [6, 6.07) is 11.6.